The third kappa shape index (κ3) is 2.87. The Morgan fingerprint density at radius 2 is 2.26 bits per heavy atom. The highest BCUT2D eigenvalue weighted by Crippen LogP contribution is 2.14. The molecule has 1 amide bonds. The topological polar surface area (TPSA) is 105 Å². The molecule has 3 aromatic rings. The fraction of sp³-hybridized carbons (Fsp3) is 0.357. The predicted octanol–water partition coefficient (Wildman–Crippen LogP) is 1.37. The molecule has 0 aliphatic carbocycles. The average molecular weight is 332 g/mol. The molecule has 1 atom stereocenters. The van der Waals surface area contributed by atoms with E-state index in [0.29, 0.717) is 23.0 Å². The van der Waals surface area contributed by atoms with Crippen LogP contribution in [0.2, 0.25) is 0 Å². The van der Waals surface area contributed by atoms with Crippen LogP contribution in [0.15, 0.2) is 17.2 Å². The van der Waals surface area contributed by atoms with Gasteiger partial charge in [-0.05, 0) is 20.3 Å². The minimum Gasteiger partial charge on any atom is -0.342 e. The highest BCUT2D eigenvalue weighted by Gasteiger charge is 2.21. The van der Waals surface area contributed by atoms with Crippen LogP contribution < -0.4 is 10.9 Å². The summed E-state index contributed by atoms with van der Waals surface area (Å²) in [6.45, 7) is 5.58. The van der Waals surface area contributed by atoms with Crippen molar-refractivity contribution in [2.75, 3.05) is 0 Å². The molecular weight excluding hydrogens is 316 g/mol. The number of nitrogens with zero attached hydrogens (tertiary/aromatic N) is 4. The second kappa shape index (κ2) is 5.92. The van der Waals surface area contributed by atoms with Crippen LogP contribution in [0.4, 0.5) is 0 Å². The molecule has 0 aliphatic heterocycles. The Kier molecular flexibility index (Phi) is 3.95. The first-order chi connectivity index (χ1) is 11.0. The summed E-state index contributed by atoms with van der Waals surface area (Å²) >= 11 is 1.40. The molecule has 2 N–H and O–H groups in total. The number of amides is 1. The summed E-state index contributed by atoms with van der Waals surface area (Å²) in [5, 5.41) is 9.60. The Bertz CT molecular complexity index is 925. The molecular formula is C14H16N6O2S. The summed E-state index contributed by atoms with van der Waals surface area (Å²) in [6, 6.07) is -0.364. The van der Waals surface area contributed by atoms with Crippen LogP contribution in [0.25, 0.3) is 4.96 Å². The second-order valence-electron chi connectivity index (χ2n) is 5.18. The number of fused-ring (bicyclic) bond motifs is 1. The molecule has 3 heterocycles. The van der Waals surface area contributed by atoms with Gasteiger partial charge < -0.3 is 5.32 Å². The zero-order valence-electron chi connectivity index (χ0n) is 13.0. The monoisotopic (exact) mass is 332 g/mol. The molecule has 0 saturated carbocycles. The number of carbonyl (C=O) groups excluding carboxylic acids is 1. The average Bonchev–Trinajstić information content (AvgIpc) is 3.10. The SMILES string of the molecule is CC[C@@H](NC(=O)c1cnc2sc(C)cn2c1=O)c1n[nH]c(C)n1. The van der Waals surface area contributed by atoms with Crippen molar-refractivity contribution < 1.29 is 4.79 Å². The van der Waals surface area contributed by atoms with Gasteiger partial charge in [-0.2, -0.15) is 5.10 Å². The molecule has 0 unspecified atom stereocenters. The number of nitrogens with one attached hydrogen (secondary N) is 2. The van der Waals surface area contributed by atoms with Gasteiger partial charge in [-0.1, -0.05) is 6.92 Å². The van der Waals surface area contributed by atoms with Crippen molar-refractivity contribution in [3.63, 3.8) is 0 Å². The standard InChI is InChI=1S/C14H16N6O2S/c1-4-10(11-16-8(3)18-19-11)17-12(21)9-5-15-14-20(13(9)22)6-7(2)23-14/h5-6,10H,4H2,1-3H3,(H,17,21)(H,16,18,19)/t10-/m1/s1. The first-order valence-electron chi connectivity index (χ1n) is 7.17. The zero-order valence-corrected chi connectivity index (χ0v) is 13.8. The van der Waals surface area contributed by atoms with Crippen LogP contribution >= 0.6 is 11.3 Å². The Balaban J connectivity index is 1.90. The Morgan fingerprint density at radius 1 is 1.48 bits per heavy atom. The molecule has 120 valence electrons. The van der Waals surface area contributed by atoms with Crippen LogP contribution in [0.5, 0.6) is 0 Å². The molecule has 0 aliphatic rings. The molecule has 0 spiro atoms. The third-order valence-corrected chi connectivity index (χ3v) is 4.32. The maximum atomic E-state index is 12.4. The number of aromatic nitrogens is 5. The van der Waals surface area contributed by atoms with Crippen LogP contribution in [0.3, 0.4) is 0 Å². The van der Waals surface area contributed by atoms with Crippen LogP contribution in [-0.4, -0.2) is 30.5 Å². The second-order valence-corrected chi connectivity index (χ2v) is 6.40. The van der Waals surface area contributed by atoms with E-state index in [-0.39, 0.29) is 17.2 Å². The molecule has 8 nitrogen and oxygen atoms in total. The number of hydrogen-bond acceptors (Lipinski definition) is 6. The molecule has 0 fully saturated rings. The largest absolute Gasteiger partial charge is 0.342 e. The summed E-state index contributed by atoms with van der Waals surface area (Å²) < 4.78 is 1.40. The highest BCUT2D eigenvalue weighted by molar-refractivity contribution is 7.16. The maximum absolute atomic E-state index is 12.4. The molecule has 23 heavy (non-hydrogen) atoms. The molecule has 0 saturated heterocycles. The van der Waals surface area contributed by atoms with Crippen molar-refractivity contribution >= 4 is 22.2 Å². The van der Waals surface area contributed by atoms with Crippen molar-refractivity contribution in [3.8, 4) is 0 Å². The Hall–Kier alpha value is -2.55. The fourth-order valence-corrected chi connectivity index (χ4v) is 3.04. The number of aromatic amines is 1. The van der Waals surface area contributed by atoms with Crippen molar-refractivity contribution in [2.45, 2.75) is 33.2 Å². The quantitative estimate of drug-likeness (QED) is 0.751. The van der Waals surface area contributed by atoms with E-state index in [2.05, 4.69) is 25.5 Å². The molecule has 3 rings (SSSR count). The summed E-state index contributed by atoms with van der Waals surface area (Å²) in [7, 11) is 0. The minimum atomic E-state index is -0.477. The normalized spacial score (nSPS) is 12.5. The predicted molar refractivity (Wildman–Crippen MR) is 85.7 cm³/mol. The van der Waals surface area contributed by atoms with Crippen LogP contribution in [-0.2, 0) is 0 Å². The summed E-state index contributed by atoms with van der Waals surface area (Å²) in [6.07, 6.45) is 3.61. The van der Waals surface area contributed by atoms with Gasteiger partial charge >= 0.3 is 0 Å². The Morgan fingerprint density at radius 3 is 2.91 bits per heavy atom. The number of H-pyrrole nitrogens is 1. The number of carbonyl (C=O) groups is 1. The first kappa shape index (κ1) is 15.3. The zero-order chi connectivity index (χ0) is 16.6. The van der Waals surface area contributed by atoms with E-state index in [4.69, 9.17) is 0 Å². The van der Waals surface area contributed by atoms with Gasteiger partial charge in [-0.3, -0.25) is 19.1 Å². The van der Waals surface area contributed by atoms with Crippen LogP contribution in [0.1, 0.15) is 46.3 Å². The van der Waals surface area contributed by atoms with E-state index in [1.54, 1.807) is 13.1 Å². The van der Waals surface area contributed by atoms with Gasteiger partial charge in [0.15, 0.2) is 10.8 Å². The van der Waals surface area contributed by atoms with Crippen molar-refractivity contribution in [1.29, 1.82) is 0 Å². The molecule has 0 radical (unpaired) electrons. The lowest BCUT2D eigenvalue weighted by Gasteiger charge is -2.13. The lowest BCUT2D eigenvalue weighted by Crippen LogP contribution is -2.34. The molecule has 0 aromatic carbocycles. The van der Waals surface area contributed by atoms with Crippen LogP contribution in [0, 0.1) is 13.8 Å². The number of aryl methyl sites for hydroxylation is 2. The number of hydrogen-bond donors (Lipinski definition) is 2. The van der Waals surface area contributed by atoms with Gasteiger partial charge in [0.05, 0.1) is 6.04 Å². The smallest absolute Gasteiger partial charge is 0.271 e. The van der Waals surface area contributed by atoms with Crippen molar-refractivity contribution in [3.05, 3.63) is 44.8 Å². The van der Waals surface area contributed by atoms with E-state index in [1.165, 1.54) is 21.9 Å². The van der Waals surface area contributed by atoms with Crippen molar-refractivity contribution in [1.82, 2.24) is 29.9 Å². The van der Waals surface area contributed by atoms with E-state index in [9.17, 15) is 9.59 Å². The Labute approximate surface area is 135 Å². The van der Waals surface area contributed by atoms with E-state index < -0.39 is 5.91 Å². The summed E-state index contributed by atoms with van der Waals surface area (Å²) in [4.78, 5) is 34.8. The van der Waals surface area contributed by atoms with Gasteiger partial charge in [0, 0.05) is 17.3 Å². The number of rotatable bonds is 4. The summed E-state index contributed by atoms with van der Waals surface area (Å²) in [5.41, 5.74) is -0.371. The van der Waals surface area contributed by atoms with Gasteiger partial charge in [0.1, 0.15) is 11.4 Å². The van der Waals surface area contributed by atoms with E-state index >= 15 is 0 Å². The van der Waals surface area contributed by atoms with E-state index in [1.807, 2.05) is 13.8 Å². The van der Waals surface area contributed by atoms with Gasteiger partial charge in [-0.15, -0.1) is 11.3 Å². The lowest BCUT2D eigenvalue weighted by molar-refractivity contribution is 0.0931. The first-order valence-corrected chi connectivity index (χ1v) is 7.98. The van der Waals surface area contributed by atoms with Gasteiger partial charge in [0.25, 0.3) is 11.5 Å². The van der Waals surface area contributed by atoms with Gasteiger partial charge in [-0.25, -0.2) is 9.97 Å². The lowest BCUT2D eigenvalue weighted by atomic mass is 10.2. The number of thiazole rings is 1. The van der Waals surface area contributed by atoms with E-state index in [0.717, 1.165) is 4.88 Å². The van der Waals surface area contributed by atoms with Gasteiger partial charge in [0.2, 0.25) is 0 Å². The molecule has 9 heteroatoms. The third-order valence-electron chi connectivity index (χ3n) is 3.41. The highest BCUT2D eigenvalue weighted by atomic mass is 32.1. The maximum Gasteiger partial charge on any atom is 0.271 e. The molecule has 3 aromatic heterocycles. The van der Waals surface area contributed by atoms with Crippen molar-refractivity contribution in [2.24, 2.45) is 0 Å². The fourth-order valence-electron chi connectivity index (χ4n) is 2.25. The summed E-state index contributed by atoms with van der Waals surface area (Å²) in [5.74, 6) is 0.693. The minimum absolute atomic E-state index is 0.00556. The molecule has 0 bridgehead atoms.